The lowest BCUT2D eigenvalue weighted by atomic mass is 9.85. The zero-order valence-electron chi connectivity index (χ0n) is 14.7. The molecular weight excluding hydrogens is 421 g/mol. The number of carbonyl (C=O) groups is 1. The van der Waals surface area contributed by atoms with Gasteiger partial charge < -0.3 is 5.11 Å². The molecule has 0 atom stereocenters. The number of nitrogens with one attached hydrogen (secondary N) is 1. The standard InChI is InChI=1S/C21H14Cl2F2N2O2/c22-16-5-1-14(2-6-16)21(29,15-3-7-17(23)8-4-15)20(28)27-26-12-13-9-18(24)11-19(25)10-13/h1-12,29H,(H,27,28)/b26-12+. The molecule has 0 saturated carbocycles. The van der Waals surface area contributed by atoms with Crippen LogP contribution in [0.1, 0.15) is 16.7 Å². The predicted octanol–water partition coefficient (Wildman–Crippen LogP) is 4.66. The number of halogens is 4. The Morgan fingerprint density at radius 3 is 1.79 bits per heavy atom. The Balaban J connectivity index is 1.93. The van der Waals surface area contributed by atoms with Gasteiger partial charge in [-0.1, -0.05) is 47.5 Å². The molecule has 0 aliphatic heterocycles. The molecule has 29 heavy (non-hydrogen) atoms. The summed E-state index contributed by atoms with van der Waals surface area (Å²) >= 11 is 11.8. The molecule has 0 heterocycles. The van der Waals surface area contributed by atoms with Crippen LogP contribution in [0.25, 0.3) is 0 Å². The molecule has 4 nitrogen and oxygen atoms in total. The average Bonchev–Trinajstić information content (AvgIpc) is 2.67. The number of rotatable bonds is 5. The second kappa shape index (κ2) is 8.69. The van der Waals surface area contributed by atoms with Gasteiger partial charge >= 0.3 is 0 Å². The van der Waals surface area contributed by atoms with E-state index in [1.165, 1.54) is 48.5 Å². The van der Waals surface area contributed by atoms with Crippen LogP contribution >= 0.6 is 23.2 Å². The van der Waals surface area contributed by atoms with Gasteiger partial charge in [0.1, 0.15) is 11.6 Å². The summed E-state index contributed by atoms with van der Waals surface area (Å²) in [4.78, 5) is 12.9. The molecule has 3 aromatic rings. The number of hydrogen-bond donors (Lipinski definition) is 2. The Labute approximate surface area is 175 Å². The topological polar surface area (TPSA) is 61.7 Å². The Morgan fingerprint density at radius 2 is 1.34 bits per heavy atom. The summed E-state index contributed by atoms with van der Waals surface area (Å²) in [6.45, 7) is 0. The van der Waals surface area contributed by atoms with E-state index < -0.39 is 23.1 Å². The fourth-order valence-corrected chi connectivity index (χ4v) is 2.96. The maximum atomic E-state index is 13.3. The van der Waals surface area contributed by atoms with Crippen molar-refractivity contribution in [2.75, 3.05) is 0 Å². The third-order valence-corrected chi connectivity index (χ3v) is 4.62. The molecule has 0 aliphatic carbocycles. The van der Waals surface area contributed by atoms with Gasteiger partial charge in [-0.05, 0) is 47.5 Å². The highest BCUT2D eigenvalue weighted by Crippen LogP contribution is 2.31. The smallest absolute Gasteiger partial charge is 0.281 e. The second-order valence-corrected chi connectivity index (χ2v) is 7.00. The Morgan fingerprint density at radius 1 is 0.897 bits per heavy atom. The Hall–Kier alpha value is -2.80. The zero-order chi connectivity index (χ0) is 21.0. The van der Waals surface area contributed by atoms with Crippen molar-refractivity contribution in [3.05, 3.63) is 105 Å². The van der Waals surface area contributed by atoms with Crippen LogP contribution in [-0.2, 0) is 10.4 Å². The minimum absolute atomic E-state index is 0.101. The molecule has 3 rings (SSSR count). The van der Waals surface area contributed by atoms with Gasteiger partial charge in [0.25, 0.3) is 5.91 Å². The highest BCUT2D eigenvalue weighted by Gasteiger charge is 2.40. The molecule has 0 saturated heterocycles. The molecule has 0 fully saturated rings. The Bertz CT molecular complexity index is 990. The third kappa shape index (κ3) is 4.79. The molecule has 0 unspecified atom stereocenters. The summed E-state index contributed by atoms with van der Waals surface area (Å²) in [5.41, 5.74) is 0.685. The SMILES string of the molecule is O=C(N/N=C/c1cc(F)cc(F)c1)C(O)(c1ccc(Cl)cc1)c1ccc(Cl)cc1. The molecule has 2 N–H and O–H groups in total. The number of nitrogens with zero attached hydrogens (tertiary/aromatic N) is 1. The van der Waals surface area contributed by atoms with Crippen LogP contribution in [0.4, 0.5) is 8.78 Å². The summed E-state index contributed by atoms with van der Waals surface area (Å²) in [7, 11) is 0. The van der Waals surface area contributed by atoms with Gasteiger partial charge in [0.15, 0.2) is 5.60 Å². The molecular formula is C21H14Cl2F2N2O2. The molecule has 0 spiro atoms. The van der Waals surface area contributed by atoms with Crippen molar-refractivity contribution in [1.29, 1.82) is 0 Å². The molecule has 0 bridgehead atoms. The zero-order valence-corrected chi connectivity index (χ0v) is 16.3. The fourth-order valence-electron chi connectivity index (χ4n) is 2.71. The average molecular weight is 435 g/mol. The second-order valence-electron chi connectivity index (χ2n) is 6.13. The molecule has 0 aromatic heterocycles. The van der Waals surface area contributed by atoms with Crippen LogP contribution in [0, 0.1) is 11.6 Å². The highest BCUT2D eigenvalue weighted by atomic mass is 35.5. The van der Waals surface area contributed by atoms with Crippen molar-refractivity contribution in [2.24, 2.45) is 5.10 Å². The van der Waals surface area contributed by atoms with Gasteiger partial charge in [0.05, 0.1) is 6.21 Å². The number of hydrazone groups is 1. The Kier molecular flexibility index (Phi) is 6.27. The van der Waals surface area contributed by atoms with Crippen LogP contribution in [0.5, 0.6) is 0 Å². The molecule has 3 aromatic carbocycles. The molecule has 1 amide bonds. The van der Waals surface area contributed by atoms with Gasteiger partial charge in [0, 0.05) is 21.7 Å². The summed E-state index contributed by atoms with van der Waals surface area (Å²) in [5, 5.41) is 15.9. The van der Waals surface area contributed by atoms with E-state index in [1.54, 1.807) is 0 Å². The van der Waals surface area contributed by atoms with Gasteiger partial charge in [-0.3, -0.25) is 4.79 Å². The van der Waals surface area contributed by atoms with E-state index in [-0.39, 0.29) is 16.7 Å². The van der Waals surface area contributed by atoms with Gasteiger partial charge in [-0.15, -0.1) is 0 Å². The summed E-state index contributed by atoms with van der Waals surface area (Å²) in [6, 6.07) is 14.9. The largest absolute Gasteiger partial charge is 0.372 e. The minimum atomic E-state index is -2.11. The lowest BCUT2D eigenvalue weighted by Gasteiger charge is -2.27. The fraction of sp³-hybridized carbons (Fsp3) is 0.0476. The number of hydrogen-bond acceptors (Lipinski definition) is 3. The van der Waals surface area contributed by atoms with Gasteiger partial charge in [-0.2, -0.15) is 5.10 Å². The number of benzene rings is 3. The van der Waals surface area contributed by atoms with E-state index in [9.17, 15) is 18.7 Å². The first kappa shape index (κ1) is 20.9. The van der Waals surface area contributed by atoms with E-state index in [2.05, 4.69) is 10.5 Å². The molecule has 0 radical (unpaired) electrons. The van der Waals surface area contributed by atoms with Crippen LogP contribution in [-0.4, -0.2) is 17.2 Å². The van der Waals surface area contributed by atoms with Crippen molar-refractivity contribution in [2.45, 2.75) is 5.60 Å². The normalized spacial score (nSPS) is 11.6. The summed E-state index contributed by atoms with van der Waals surface area (Å²) in [6.07, 6.45) is 1.06. The van der Waals surface area contributed by atoms with E-state index >= 15 is 0 Å². The maximum Gasteiger partial charge on any atom is 0.281 e. The van der Waals surface area contributed by atoms with Crippen LogP contribution in [0.3, 0.4) is 0 Å². The van der Waals surface area contributed by atoms with E-state index in [0.717, 1.165) is 24.4 Å². The first-order valence-corrected chi connectivity index (χ1v) is 9.08. The summed E-state index contributed by atoms with van der Waals surface area (Å²) < 4.78 is 26.5. The van der Waals surface area contributed by atoms with Crippen molar-refractivity contribution in [3.63, 3.8) is 0 Å². The maximum absolute atomic E-state index is 13.3. The highest BCUT2D eigenvalue weighted by molar-refractivity contribution is 6.30. The van der Waals surface area contributed by atoms with Crippen molar-refractivity contribution in [1.82, 2.24) is 5.43 Å². The van der Waals surface area contributed by atoms with Crippen molar-refractivity contribution >= 4 is 35.3 Å². The van der Waals surface area contributed by atoms with Crippen LogP contribution < -0.4 is 5.43 Å². The van der Waals surface area contributed by atoms with Gasteiger partial charge in [0.2, 0.25) is 0 Å². The summed E-state index contributed by atoms with van der Waals surface area (Å²) in [5.74, 6) is -2.44. The van der Waals surface area contributed by atoms with E-state index in [1.807, 2.05) is 0 Å². The quantitative estimate of drug-likeness (QED) is 0.453. The predicted molar refractivity (Wildman–Crippen MR) is 108 cm³/mol. The number of amides is 1. The lowest BCUT2D eigenvalue weighted by Crippen LogP contribution is -2.43. The first-order valence-electron chi connectivity index (χ1n) is 8.33. The lowest BCUT2D eigenvalue weighted by molar-refractivity contribution is -0.136. The van der Waals surface area contributed by atoms with Crippen LogP contribution in [0.15, 0.2) is 71.8 Å². The van der Waals surface area contributed by atoms with E-state index in [0.29, 0.717) is 10.0 Å². The number of aliphatic hydroxyl groups is 1. The molecule has 0 aliphatic rings. The first-order chi connectivity index (χ1) is 13.8. The monoisotopic (exact) mass is 434 g/mol. The van der Waals surface area contributed by atoms with Crippen molar-refractivity contribution in [3.8, 4) is 0 Å². The third-order valence-electron chi connectivity index (χ3n) is 4.12. The minimum Gasteiger partial charge on any atom is -0.372 e. The van der Waals surface area contributed by atoms with Crippen molar-refractivity contribution < 1.29 is 18.7 Å². The number of carbonyl (C=O) groups excluding carboxylic acids is 1. The molecule has 8 heteroatoms. The van der Waals surface area contributed by atoms with E-state index in [4.69, 9.17) is 23.2 Å². The van der Waals surface area contributed by atoms with Gasteiger partial charge in [-0.25, -0.2) is 14.2 Å². The molecule has 148 valence electrons. The van der Waals surface area contributed by atoms with Crippen LogP contribution in [0.2, 0.25) is 10.0 Å².